The van der Waals surface area contributed by atoms with Crippen LogP contribution in [0.25, 0.3) is 21.8 Å². The van der Waals surface area contributed by atoms with E-state index in [0.29, 0.717) is 16.6 Å². The molecule has 92 valence electrons. The summed E-state index contributed by atoms with van der Waals surface area (Å²) in [7, 11) is 0. The number of primary amides is 1. The molecule has 0 unspecified atom stereocenters. The molecule has 0 fully saturated rings. The van der Waals surface area contributed by atoms with Crippen LogP contribution >= 0.6 is 0 Å². The first-order valence-corrected chi connectivity index (χ1v) is 5.45. The van der Waals surface area contributed by atoms with Crippen LogP contribution in [0.15, 0.2) is 18.3 Å². The van der Waals surface area contributed by atoms with E-state index in [1.165, 1.54) is 4.68 Å². The smallest absolute Gasteiger partial charge is 0.267 e. The summed E-state index contributed by atoms with van der Waals surface area (Å²) in [6, 6.07) is 3.60. The zero-order chi connectivity index (χ0) is 12.7. The van der Waals surface area contributed by atoms with E-state index < -0.39 is 5.91 Å². The molecule has 7 heteroatoms. The van der Waals surface area contributed by atoms with Crippen LogP contribution in [-0.2, 0) is 6.54 Å². The first-order chi connectivity index (χ1) is 8.72. The number of carbonyl (C=O) groups is 1. The molecule has 0 atom stereocenters. The summed E-state index contributed by atoms with van der Waals surface area (Å²) in [5.74, 6) is -0.561. The molecule has 1 amide bonds. The SMILES string of the molecule is NC(=O)c1c2ccc3[nH]ncc3c2nn1CCO. The molecule has 0 radical (unpaired) electrons. The fourth-order valence-corrected chi connectivity index (χ4v) is 2.13. The van der Waals surface area contributed by atoms with Crippen molar-refractivity contribution in [1.29, 1.82) is 0 Å². The van der Waals surface area contributed by atoms with E-state index in [9.17, 15) is 4.79 Å². The van der Waals surface area contributed by atoms with Gasteiger partial charge < -0.3 is 10.8 Å². The molecule has 0 aliphatic rings. The lowest BCUT2D eigenvalue weighted by atomic mass is 10.1. The third kappa shape index (κ3) is 1.37. The number of aliphatic hydroxyl groups excluding tert-OH is 1. The third-order valence-corrected chi connectivity index (χ3v) is 2.87. The van der Waals surface area contributed by atoms with E-state index in [-0.39, 0.29) is 13.2 Å². The van der Waals surface area contributed by atoms with Crippen LogP contribution in [0.5, 0.6) is 0 Å². The molecule has 4 N–H and O–H groups in total. The van der Waals surface area contributed by atoms with E-state index in [1.807, 2.05) is 6.07 Å². The van der Waals surface area contributed by atoms with Crippen molar-refractivity contribution in [2.45, 2.75) is 6.54 Å². The van der Waals surface area contributed by atoms with E-state index in [1.54, 1.807) is 12.3 Å². The molecule has 2 heterocycles. The van der Waals surface area contributed by atoms with Crippen molar-refractivity contribution in [1.82, 2.24) is 20.0 Å². The van der Waals surface area contributed by atoms with Crippen molar-refractivity contribution >= 4 is 27.7 Å². The van der Waals surface area contributed by atoms with Gasteiger partial charge in [-0.25, -0.2) is 0 Å². The second-order valence-corrected chi connectivity index (χ2v) is 3.95. The van der Waals surface area contributed by atoms with E-state index in [4.69, 9.17) is 10.8 Å². The number of aromatic amines is 1. The molecule has 0 aliphatic carbocycles. The molecule has 0 aliphatic heterocycles. The Balaban J connectivity index is 2.41. The van der Waals surface area contributed by atoms with Gasteiger partial charge in [-0.15, -0.1) is 0 Å². The number of aromatic nitrogens is 4. The Kier molecular flexibility index (Phi) is 2.27. The molecule has 0 saturated carbocycles. The van der Waals surface area contributed by atoms with Crippen LogP contribution in [-0.4, -0.2) is 37.6 Å². The number of H-pyrrole nitrogens is 1. The van der Waals surface area contributed by atoms with Gasteiger partial charge in [0.2, 0.25) is 0 Å². The predicted molar refractivity (Wildman–Crippen MR) is 65.0 cm³/mol. The van der Waals surface area contributed by atoms with Crippen molar-refractivity contribution < 1.29 is 9.90 Å². The maximum atomic E-state index is 11.5. The maximum absolute atomic E-state index is 11.5. The van der Waals surface area contributed by atoms with Crippen LogP contribution in [0.4, 0.5) is 0 Å². The topological polar surface area (TPSA) is 110 Å². The Morgan fingerprint density at radius 2 is 2.28 bits per heavy atom. The summed E-state index contributed by atoms with van der Waals surface area (Å²) >= 11 is 0. The Morgan fingerprint density at radius 3 is 3.00 bits per heavy atom. The number of aliphatic hydroxyl groups is 1. The van der Waals surface area contributed by atoms with Crippen molar-refractivity contribution in [3.05, 3.63) is 24.0 Å². The summed E-state index contributed by atoms with van der Waals surface area (Å²) < 4.78 is 1.43. The van der Waals surface area contributed by atoms with E-state index in [0.717, 1.165) is 10.9 Å². The quantitative estimate of drug-likeness (QED) is 0.603. The number of fused-ring (bicyclic) bond motifs is 3. The highest BCUT2D eigenvalue weighted by atomic mass is 16.3. The number of hydrogen-bond acceptors (Lipinski definition) is 4. The number of nitrogens with two attached hydrogens (primary N) is 1. The maximum Gasteiger partial charge on any atom is 0.267 e. The highest BCUT2D eigenvalue weighted by Crippen LogP contribution is 2.25. The van der Waals surface area contributed by atoms with Gasteiger partial charge in [0.1, 0.15) is 11.2 Å². The van der Waals surface area contributed by atoms with Crippen LogP contribution < -0.4 is 5.73 Å². The molecule has 7 nitrogen and oxygen atoms in total. The minimum atomic E-state index is -0.561. The molecule has 3 aromatic rings. The normalized spacial score (nSPS) is 11.4. The average Bonchev–Trinajstić information content (AvgIpc) is 2.90. The summed E-state index contributed by atoms with van der Waals surface area (Å²) in [4.78, 5) is 11.5. The van der Waals surface area contributed by atoms with Crippen molar-refractivity contribution in [3.63, 3.8) is 0 Å². The van der Waals surface area contributed by atoms with Gasteiger partial charge in [0.25, 0.3) is 5.91 Å². The average molecular weight is 245 g/mol. The number of benzene rings is 1. The second kappa shape index (κ2) is 3.81. The van der Waals surface area contributed by atoms with Crippen LogP contribution in [0, 0.1) is 0 Å². The molecule has 18 heavy (non-hydrogen) atoms. The van der Waals surface area contributed by atoms with E-state index >= 15 is 0 Å². The predicted octanol–water partition coefficient (Wildman–Crippen LogP) is 0.00380. The standard InChI is InChI=1S/C11H11N5O2/c12-11(18)10-6-1-2-8-7(5-13-14-8)9(6)15-16(10)3-4-17/h1-2,5,17H,3-4H2,(H2,12,18)(H,13,14). The fourth-order valence-electron chi connectivity index (χ4n) is 2.13. The number of nitrogens with zero attached hydrogens (tertiary/aromatic N) is 3. The number of hydrogen-bond donors (Lipinski definition) is 3. The van der Waals surface area contributed by atoms with Gasteiger partial charge in [-0.1, -0.05) is 0 Å². The first kappa shape index (κ1) is 10.7. The Bertz CT molecular complexity index is 742. The van der Waals surface area contributed by atoms with Gasteiger partial charge in [0, 0.05) is 10.8 Å². The monoisotopic (exact) mass is 245 g/mol. The van der Waals surface area contributed by atoms with E-state index in [2.05, 4.69) is 15.3 Å². The van der Waals surface area contributed by atoms with Crippen molar-refractivity contribution in [2.24, 2.45) is 5.73 Å². The minimum Gasteiger partial charge on any atom is -0.394 e. The van der Waals surface area contributed by atoms with Gasteiger partial charge >= 0.3 is 0 Å². The Labute approximate surface area is 101 Å². The number of carbonyl (C=O) groups excluding carboxylic acids is 1. The largest absolute Gasteiger partial charge is 0.394 e. The highest BCUT2D eigenvalue weighted by Gasteiger charge is 2.17. The van der Waals surface area contributed by atoms with Gasteiger partial charge in [-0.2, -0.15) is 10.2 Å². The van der Waals surface area contributed by atoms with Gasteiger partial charge in [0.15, 0.2) is 0 Å². The van der Waals surface area contributed by atoms with Crippen LogP contribution in [0.3, 0.4) is 0 Å². The molecule has 3 rings (SSSR count). The lowest BCUT2D eigenvalue weighted by molar-refractivity contribution is 0.0990. The number of amides is 1. The first-order valence-electron chi connectivity index (χ1n) is 5.45. The highest BCUT2D eigenvalue weighted by molar-refractivity contribution is 6.12. The van der Waals surface area contributed by atoms with Crippen LogP contribution in [0.1, 0.15) is 10.5 Å². The summed E-state index contributed by atoms with van der Waals surface area (Å²) in [5, 5.41) is 21.6. The van der Waals surface area contributed by atoms with Gasteiger partial charge in [-0.3, -0.25) is 14.6 Å². The number of nitrogens with one attached hydrogen (secondary N) is 1. The second-order valence-electron chi connectivity index (χ2n) is 3.95. The van der Waals surface area contributed by atoms with Gasteiger partial charge in [-0.05, 0) is 12.1 Å². The van der Waals surface area contributed by atoms with Gasteiger partial charge in [0.05, 0.1) is 24.9 Å². The molecular formula is C11H11N5O2. The lowest BCUT2D eigenvalue weighted by Gasteiger charge is -2.01. The third-order valence-electron chi connectivity index (χ3n) is 2.87. The van der Waals surface area contributed by atoms with Crippen LogP contribution in [0.2, 0.25) is 0 Å². The minimum absolute atomic E-state index is 0.108. The molecule has 0 bridgehead atoms. The number of rotatable bonds is 3. The molecular weight excluding hydrogens is 234 g/mol. The van der Waals surface area contributed by atoms with Crippen molar-refractivity contribution in [2.75, 3.05) is 6.61 Å². The summed E-state index contributed by atoms with van der Waals surface area (Å²) in [6.45, 7) is 0.120. The molecule has 1 aromatic carbocycles. The summed E-state index contributed by atoms with van der Waals surface area (Å²) in [5.41, 5.74) is 7.17. The Morgan fingerprint density at radius 1 is 1.44 bits per heavy atom. The summed E-state index contributed by atoms with van der Waals surface area (Å²) in [6.07, 6.45) is 1.65. The Hall–Kier alpha value is -2.41. The van der Waals surface area contributed by atoms with Crippen molar-refractivity contribution in [3.8, 4) is 0 Å². The molecule has 0 saturated heterocycles. The lowest BCUT2D eigenvalue weighted by Crippen LogP contribution is -2.19. The fraction of sp³-hybridized carbons (Fsp3) is 0.182. The zero-order valence-electron chi connectivity index (χ0n) is 9.42. The zero-order valence-corrected chi connectivity index (χ0v) is 9.42. The molecule has 0 spiro atoms. The molecule has 2 aromatic heterocycles.